The van der Waals surface area contributed by atoms with Crippen LogP contribution in [0, 0.1) is 11.8 Å². The van der Waals surface area contributed by atoms with Crippen molar-refractivity contribution in [1.82, 2.24) is 47.4 Å². The van der Waals surface area contributed by atoms with E-state index in [1.54, 1.807) is 27.7 Å². The summed E-state index contributed by atoms with van der Waals surface area (Å²) < 4.78 is 0. The highest BCUT2D eigenvalue weighted by Gasteiger charge is 2.42. The lowest BCUT2D eigenvalue weighted by Crippen LogP contribution is -2.63. The number of nitrogens with zero attached hydrogens (tertiary/aromatic N) is 2. The molecule has 89 heavy (non-hydrogen) atoms. The van der Waals surface area contributed by atoms with Gasteiger partial charge in [0.1, 0.15) is 66.1 Å². The number of carbonyl (C=O) groups excluding carboxylic acids is 12. The fraction of sp³-hybridized carbons (Fsp3) is 0.569. The van der Waals surface area contributed by atoms with Crippen molar-refractivity contribution in [2.75, 3.05) is 13.1 Å². The standard InChI is InChI=1S/C58H89N15O16/c1-7-30(4)43(28-74)70-53(85)41(26-34-14-18-36(78)19-15-34)68-55(87)47(31(5)75)72-56(88)48(32(6)76)71-54(86)44-11-9-23-73(44)57(89)42(27-46(61)80)69-50(82)38(20-21-45(60)79)65-52(84)40(25-33-12-16-35(77)17-13-33)67-51(83)39(24-29(2)3)66-49(81)37(59)10-8-22-64-58(62)63/h12-19,28-32,37-44,47-48,75-78H,7-11,20-27,59H2,1-6H3,(H2,60,79)(H2,61,80)(H,65,84)(H,66,81)(H,67,83)(H,68,87)(H,69,82)(H,70,85)(H,71,86)(H,72,88)(H4,62,63,64)/t30-,31+,32+,37-,38-,39-,40-,41-,42-,43+,44-,47-,48-/m0/s1. The minimum Gasteiger partial charge on any atom is -0.508 e. The van der Waals surface area contributed by atoms with Gasteiger partial charge in [-0.3, -0.25) is 57.7 Å². The van der Waals surface area contributed by atoms with Crippen molar-refractivity contribution in [1.29, 1.82) is 0 Å². The van der Waals surface area contributed by atoms with Crippen molar-refractivity contribution in [3.63, 3.8) is 0 Å². The van der Waals surface area contributed by atoms with Gasteiger partial charge in [0, 0.05) is 32.4 Å². The van der Waals surface area contributed by atoms with Gasteiger partial charge >= 0.3 is 0 Å². The lowest BCUT2D eigenvalue weighted by Gasteiger charge is -2.31. The van der Waals surface area contributed by atoms with Crippen molar-refractivity contribution in [3.05, 3.63) is 59.7 Å². The lowest BCUT2D eigenvalue weighted by atomic mass is 9.98. The van der Waals surface area contributed by atoms with Crippen molar-refractivity contribution < 1.29 is 78.0 Å². The molecule has 1 aliphatic rings. The summed E-state index contributed by atoms with van der Waals surface area (Å²) in [6.07, 6.45) is -4.01. The number of carbonyl (C=O) groups is 12. The van der Waals surface area contributed by atoms with E-state index in [-0.39, 0.29) is 80.9 Å². The largest absolute Gasteiger partial charge is 0.508 e. The van der Waals surface area contributed by atoms with Crippen LogP contribution in [0.1, 0.15) is 110 Å². The molecule has 2 aromatic rings. The fourth-order valence-corrected chi connectivity index (χ4v) is 9.46. The van der Waals surface area contributed by atoms with Gasteiger partial charge in [0.15, 0.2) is 5.96 Å². The molecular formula is C58H89N15O16. The molecule has 2 aromatic carbocycles. The third-order valence-corrected chi connectivity index (χ3v) is 14.7. The van der Waals surface area contributed by atoms with Gasteiger partial charge in [-0.2, -0.15) is 0 Å². The molecule has 0 bridgehead atoms. The van der Waals surface area contributed by atoms with E-state index in [9.17, 15) is 78.0 Å². The highest BCUT2D eigenvalue weighted by molar-refractivity contribution is 6.00. The number of aliphatic imine (C=N–C) groups is 1. The quantitative estimate of drug-likeness (QED) is 0.0131. The third-order valence-electron chi connectivity index (χ3n) is 14.7. The zero-order chi connectivity index (χ0) is 66.8. The third kappa shape index (κ3) is 25.0. The lowest BCUT2D eigenvalue weighted by molar-refractivity contribution is -0.144. The van der Waals surface area contributed by atoms with E-state index >= 15 is 0 Å². The second kappa shape index (κ2) is 36.4. The summed E-state index contributed by atoms with van der Waals surface area (Å²) in [4.78, 5) is 168. The summed E-state index contributed by atoms with van der Waals surface area (Å²) in [6, 6.07) is -3.69. The summed E-state index contributed by atoms with van der Waals surface area (Å²) in [5, 5.41) is 61.4. The number of nitrogens with two attached hydrogens (primary N) is 5. The van der Waals surface area contributed by atoms with E-state index < -0.39 is 157 Å². The number of aromatic hydroxyl groups is 2. The van der Waals surface area contributed by atoms with Crippen LogP contribution in [0.25, 0.3) is 0 Å². The van der Waals surface area contributed by atoms with Crippen LogP contribution in [0.2, 0.25) is 0 Å². The first-order valence-corrected chi connectivity index (χ1v) is 29.3. The molecule has 0 spiro atoms. The van der Waals surface area contributed by atoms with E-state index in [0.717, 1.165) is 18.7 Å². The SMILES string of the molecule is CC[C@H](C)[C@@H](C=O)NC(=O)[C@H](Cc1ccc(O)cc1)NC(=O)[C@@H](NC(=O)[C@@H](NC(=O)[C@@H]1CCCN1C(=O)[C@H](CC(N)=O)NC(=O)[C@H](CCC(N)=O)NC(=O)[C@H](Cc1ccc(O)cc1)NC(=O)[C@H](CC(C)C)NC(=O)[C@@H](N)CCCN=C(N)N)[C@@H](C)O)[C@@H](C)O. The number of benzene rings is 2. The maximum atomic E-state index is 14.5. The van der Waals surface area contributed by atoms with Crippen LogP contribution < -0.4 is 71.2 Å². The number of guanidine groups is 1. The Morgan fingerprint density at radius 3 is 1.57 bits per heavy atom. The number of phenols is 2. The van der Waals surface area contributed by atoms with Gasteiger partial charge in [0.25, 0.3) is 0 Å². The van der Waals surface area contributed by atoms with Crippen LogP contribution in [-0.2, 0) is 70.4 Å². The molecule has 0 radical (unpaired) electrons. The molecule has 0 saturated carbocycles. The van der Waals surface area contributed by atoms with Crippen LogP contribution in [0.15, 0.2) is 53.5 Å². The average Bonchev–Trinajstić information content (AvgIpc) is 3.16. The molecule has 3 rings (SSSR count). The summed E-state index contributed by atoms with van der Waals surface area (Å²) in [7, 11) is 0. The normalized spacial score (nSPS) is 16.9. The summed E-state index contributed by atoms with van der Waals surface area (Å²) in [6.45, 7) is 9.38. The monoisotopic (exact) mass is 1250 g/mol. The second-order valence-electron chi connectivity index (χ2n) is 22.6. The van der Waals surface area contributed by atoms with E-state index in [1.807, 2.05) is 0 Å². The number of primary amides is 2. The van der Waals surface area contributed by atoms with Gasteiger partial charge in [-0.05, 0) is 99.6 Å². The fourth-order valence-electron chi connectivity index (χ4n) is 9.46. The number of amides is 11. The van der Waals surface area contributed by atoms with Crippen molar-refractivity contribution in [2.45, 2.75) is 185 Å². The minimum atomic E-state index is -1.87. The maximum absolute atomic E-state index is 14.5. The molecule has 0 unspecified atom stereocenters. The first-order chi connectivity index (χ1) is 41.8. The molecule has 492 valence electrons. The van der Waals surface area contributed by atoms with Gasteiger partial charge in [0.2, 0.25) is 65.0 Å². The Morgan fingerprint density at radius 1 is 0.607 bits per heavy atom. The second-order valence-corrected chi connectivity index (χ2v) is 22.6. The average molecular weight is 1250 g/mol. The molecule has 1 saturated heterocycles. The van der Waals surface area contributed by atoms with E-state index in [4.69, 9.17) is 28.7 Å². The number of aliphatic hydroxyl groups excluding tert-OH is 2. The zero-order valence-corrected chi connectivity index (χ0v) is 50.9. The zero-order valence-electron chi connectivity index (χ0n) is 50.9. The predicted molar refractivity (Wildman–Crippen MR) is 322 cm³/mol. The smallest absolute Gasteiger partial charge is 0.246 e. The topological polar surface area (TPSA) is 528 Å². The van der Waals surface area contributed by atoms with Crippen molar-refractivity contribution in [2.24, 2.45) is 45.5 Å². The molecule has 13 atom stereocenters. The highest BCUT2D eigenvalue weighted by Crippen LogP contribution is 2.21. The van der Waals surface area contributed by atoms with Crippen LogP contribution in [-0.4, -0.2) is 188 Å². The van der Waals surface area contributed by atoms with Crippen molar-refractivity contribution in [3.8, 4) is 11.5 Å². The van der Waals surface area contributed by atoms with Gasteiger partial charge < -0.3 is 101 Å². The number of hydrogen-bond donors (Lipinski definition) is 17. The first kappa shape index (κ1) is 74.3. The van der Waals surface area contributed by atoms with Crippen molar-refractivity contribution >= 4 is 77.2 Å². The molecule has 0 aromatic heterocycles. The summed E-state index contributed by atoms with van der Waals surface area (Å²) >= 11 is 0. The van der Waals surface area contributed by atoms with Crippen LogP contribution in [0.5, 0.6) is 11.5 Å². The summed E-state index contributed by atoms with van der Waals surface area (Å²) in [5.74, 6) is -11.7. The highest BCUT2D eigenvalue weighted by atomic mass is 16.3. The Morgan fingerprint density at radius 2 is 1.08 bits per heavy atom. The number of aliphatic hydroxyl groups is 2. The molecule has 0 aliphatic carbocycles. The molecule has 1 aliphatic heterocycles. The number of likely N-dealkylation sites (tertiary alicyclic amines) is 1. The number of nitrogens with one attached hydrogen (secondary N) is 8. The Balaban J connectivity index is 1.89. The molecule has 1 fully saturated rings. The number of aldehydes is 1. The minimum absolute atomic E-state index is 0.0607. The Labute approximate surface area is 515 Å². The van der Waals surface area contributed by atoms with Crippen LogP contribution >= 0.6 is 0 Å². The molecule has 11 amide bonds. The van der Waals surface area contributed by atoms with Gasteiger partial charge in [0.05, 0.1) is 30.7 Å². The number of phenolic OH excluding ortho intramolecular Hbond substituents is 2. The predicted octanol–water partition coefficient (Wildman–Crippen LogP) is -4.67. The number of rotatable bonds is 37. The summed E-state index contributed by atoms with van der Waals surface area (Å²) in [5.41, 5.74) is 28.8. The molecule has 31 nitrogen and oxygen atoms in total. The maximum Gasteiger partial charge on any atom is 0.246 e. The van der Waals surface area contributed by atoms with Crippen LogP contribution in [0.4, 0.5) is 0 Å². The van der Waals surface area contributed by atoms with Gasteiger partial charge in [-0.25, -0.2) is 0 Å². The van der Waals surface area contributed by atoms with Crippen LogP contribution in [0.3, 0.4) is 0 Å². The molecular weight excluding hydrogens is 1160 g/mol. The molecule has 1 heterocycles. The first-order valence-electron chi connectivity index (χ1n) is 29.3. The molecule has 31 heteroatoms. The van der Waals surface area contributed by atoms with Gasteiger partial charge in [-0.15, -0.1) is 0 Å². The van der Waals surface area contributed by atoms with E-state index in [1.165, 1.54) is 48.5 Å². The molecule has 22 N–H and O–H groups in total. The van der Waals surface area contributed by atoms with E-state index in [0.29, 0.717) is 30.3 Å². The Hall–Kier alpha value is -8.97. The Bertz CT molecular complexity index is 2800. The number of hydrogen-bond acceptors (Lipinski definition) is 18. The van der Waals surface area contributed by atoms with Gasteiger partial charge in [-0.1, -0.05) is 58.4 Å². The van der Waals surface area contributed by atoms with E-state index in [2.05, 4.69) is 47.5 Å². The Kier molecular flexibility index (Phi) is 30.4.